The monoisotopic (exact) mass is 326 g/mol. The first-order valence-electron chi connectivity index (χ1n) is 9.15. The minimum atomic E-state index is 0.533. The van der Waals surface area contributed by atoms with E-state index in [1.165, 1.54) is 36.3 Å². The van der Waals surface area contributed by atoms with Gasteiger partial charge in [0.1, 0.15) is 5.82 Å². The van der Waals surface area contributed by atoms with Crippen molar-refractivity contribution >= 4 is 0 Å². The number of likely N-dealkylation sites (tertiary alicyclic amines) is 1. The molecule has 0 spiro atoms. The molecule has 24 heavy (non-hydrogen) atoms. The van der Waals surface area contributed by atoms with Crippen LogP contribution in [0.1, 0.15) is 49.2 Å². The molecule has 1 aromatic carbocycles. The van der Waals surface area contributed by atoms with Crippen LogP contribution in [0.5, 0.6) is 0 Å². The summed E-state index contributed by atoms with van der Waals surface area (Å²) >= 11 is 0. The summed E-state index contributed by atoms with van der Waals surface area (Å²) in [7, 11) is 4.23. The van der Waals surface area contributed by atoms with Gasteiger partial charge in [0.05, 0.1) is 6.54 Å². The summed E-state index contributed by atoms with van der Waals surface area (Å²) < 4.78 is 2.30. The van der Waals surface area contributed by atoms with E-state index in [4.69, 9.17) is 0 Å². The fourth-order valence-corrected chi connectivity index (χ4v) is 3.72. The number of rotatable bonds is 7. The molecular formula is C20H30N4. The fourth-order valence-electron chi connectivity index (χ4n) is 3.72. The average Bonchev–Trinajstić information content (AvgIpc) is 3.18. The largest absolute Gasteiger partial charge is 0.334 e. The lowest BCUT2D eigenvalue weighted by Crippen LogP contribution is -2.24. The number of nitrogens with zero attached hydrogens (tertiary/aromatic N) is 4. The lowest BCUT2D eigenvalue weighted by atomic mass is 10.0. The Bertz CT molecular complexity index is 629. The van der Waals surface area contributed by atoms with Gasteiger partial charge in [0.15, 0.2) is 0 Å². The van der Waals surface area contributed by atoms with Crippen molar-refractivity contribution in [2.45, 2.75) is 51.9 Å². The highest BCUT2D eigenvalue weighted by atomic mass is 15.2. The summed E-state index contributed by atoms with van der Waals surface area (Å²) in [5.41, 5.74) is 2.83. The second-order valence-corrected chi connectivity index (χ2v) is 7.14. The van der Waals surface area contributed by atoms with Crippen LogP contribution in [-0.2, 0) is 19.6 Å². The van der Waals surface area contributed by atoms with E-state index in [2.05, 4.69) is 70.8 Å². The molecule has 0 aliphatic carbocycles. The van der Waals surface area contributed by atoms with Gasteiger partial charge in [0.2, 0.25) is 0 Å². The van der Waals surface area contributed by atoms with E-state index in [0.717, 1.165) is 26.1 Å². The Balaban J connectivity index is 1.69. The molecule has 1 aliphatic rings. The molecule has 1 saturated heterocycles. The lowest BCUT2D eigenvalue weighted by molar-refractivity contribution is 0.238. The van der Waals surface area contributed by atoms with Crippen LogP contribution >= 0.6 is 0 Å². The molecule has 0 amide bonds. The number of benzene rings is 1. The summed E-state index contributed by atoms with van der Waals surface area (Å²) in [6, 6.07) is 9.74. The van der Waals surface area contributed by atoms with Crippen LogP contribution in [0.15, 0.2) is 36.7 Å². The van der Waals surface area contributed by atoms with Gasteiger partial charge in [-0.25, -0.2) is 4.98 Å². The highest BCUT2D eigenvalue weighted by Crippen LogP contribution is 2.33. The molecule has 1 atom stereocenters. The van der Waals surface area contributed by atoms with Gasteiger partial charge in [-0.15, -0.1) is 0 Å². The molecule has 1 aliphatic heterocycles. The van der Waals surface area contributed by atoms with E-state index in [-0.39, 0.29) is 0 Å². The molecular weight excluding hydrogens is 296 g/mol. The standard InChI is InChI=1S/C20H30N4/c1-4-12-23-14-11-21-20(23)16-24-13-5-6-19(24)18-9-7-17(8-10-18)15-22(2)3/h7-11,14,19H,4-6,12-13,15-16H2,1-3H3/t19-/m1/s1. The topological polar surface area (TPSA) is 24.3 Å². The highest BCUT2D eigenvalue weighted by Gasteiger charge is 2.26. The Morgan fingerprint density at radius 3 is 2.71 bits per heavy atom. The molecule has 2 heterocycles. The SMILES string of the molecule is CCCn1ccnc1CN1CCC[C@@H]1c1ccc(CN(C)C)cc1. The molecule has 1 aromatic heterocycles. The van der Waals surface area contributed by atoms with Gasteiger partial charge in [-0.1, -0.05) is 31.2 Å². The van der Waals surface area contributed by atoms with Crippen molar-refractivity contribution in [3.63, 3.8) is 0 Å². The molecule has 130 valence electrons. The van der Waals surface area contributed by atoms with Gasteiger partial charge in [-0.2, -0.15) is 0 Å². The maximum atomic E-state index is 4.59. The van der Waals surface area contributed by atoms with E-state index in [9.17, 15) is 0 Å². The van der Waals surface area contributed by atoms with Crippen LogP contribution in [-0.4, -0.2) is 40.0 Å². The highest BCUT2D eigenvalue weighted by molar-refractivity contribution is 5.26. The Kier molecular flexibility index (Phi) is 5.69. The van der Waals surface area contributed by atoms with Gasteiger partial charge in [0.25, 0.3) is 0 Å². The zero-order valence-electron chi connectivity index (χ0n) is 15.3. The van der Waals surface area contributed by atoms with Gasteiger partial charge in [-0.05, 0) is 51.0 Å². The van der Waals surface area contributed by atoms with Crippen LogP contribution in [0.2, 0.25) is 0 Å². The molecule has 0 saturated carbocycles. The Morgan fingerprint density at radius 1 is 1.21 bits per heavy atom. The molecule has 4 nitrogen and oxygen atoms in total. The van der Waals surface area contributed by atoms with Crippen LogP contribution in [0.3, 0.4) is 0 Å². The minimum Gasteiger partial charge on any atom is -0.334 e. The van der Waals surface area contributed by atoms with Crippen molar-refractivity contribution < 1.29 is 0 Å². The summed E-state index contributed by atoms with van der Waals surface area (Å²) in [5.74, 6) is 1.20. The Labute approximate surface area is 146 Å². The van der Waals surface area contributed by atoms with Crippen molar-refractivity contribution in [3.05, 3.63) is 53.6 Å². The van der Waals surface area contributed by atoms with E-state index in [0.29, 0.717) is 6.04 Å². The third kappa shape index (κ3) is 4.05. The number of hydrogen-bond donors (Lipinski definition) is 0. The maximum absolute atomic E-state index is 4.59. The van der Waals surface area contributed by atoms with Crippen molar-refractivity contribution in [2.24, 2.45) is 0 Å². The van der Waals surface area contributed by atoms with E-state index in [1.54, 1.807) is 0 Å². The van der Waals surface area contributed by atoms with E-state index < -0.39 is 0 Å². The molecule has 0 N–H and O–H groups in total. The van der Waals surface area contributed by atoms with E-state index in [1.807, 2.05) is 6.20 Å². The van der Waals surface area contributed by atoms with Gasteiger partial charge >= 0.3 is 0 Å². The molecule has 3 rings (SSSR count). The second-order valence-electron chi connectivity index (χ2n) is 7.14. The van der Waals surface area contributed by atoms with Gasteiger partial charge in [-0.3, -0.25) is 4.90 Å². The molecule has 0 radical (unpaired) electrons. The lowest BCUT2D eigenvalue weighted by Gasteiger charge is -2.25. The fraction of sp³-hybridized carbons (Fsp3) is 0.550. The number of imidazole rings is 1. The summed E-state index contributed by atoms with van der Waals surface area (Å²) in [6.07, 6.45) is 7.73. The third-order valence-electron chi connectivity index (χ3n) is 4.84. The Hall–Kier alpha value is -1.65. The van der Waals surface area contributed by atoms with Crippen LogP contribution in [0, 0.1) is 0 Å². The van der Waals surface area contributed by atoms with Crippen molar-refractivity contribution in [3.8, 4) is 0 Å². The quantitative estimate of drug-likeness (QED) is 0.775. The number of aromatic nitrogens is 2. The van der Waals surface area contributed by atoms with Crippen molar-refractivity contribution in [2.75, 3.05) is 20.6 Å². The van der Waals surface area contributed by atoms with Crippen LogP contribution in [0.4, 0.5) is 0 Å². The molecule has 4 heteroatoms. The second kappa shape index (κ2) is 7.95. The average molecular weight is 326 g/mol. The predicted octanol–water partition coefficient (Wildman–Crippen LogP) is 3.69. The summed E-state index contributed by atoms with van der Waals surface area (Å²) in [4.78, 5) is 9.39. The molecule has 0 bridgehead atoms. The first-order valence-corrected chi connectivity index (χ1v) is 9.15. The number of aryl methyl sites for hydroxylation is 1. The van der Waals surface area contributed by atoms with Crippen LogP contribution in [0.25, 0.3) is 0 Å². The first-order chi connectivity index (χ1) is 11.7. The van der Waals surface area contributed by atoms with E-state index >= 15 is 0 Å². The molecule has 2 aromatic rings. The Morgan fingerprint density at radius 2 is 2.00 bits per heavy atom. The molecule has 0 unspecified atom stereocenters. The maximum Gasteiger partial charge on any atom is 0.122 e. The third-order valence-corrected chi connectivity index (χ3v) is 4.84. The summed E-state index contributed by atoms with van der Waals surface area (Å²) in [6.45, 7) is 6.41. The van der Waals surface area contributed by atoms with Gasteiger partial charge in [0, 0.05) is 31.5 Å². The van der Waals surface area contributed by atoms with Gasteiger partial charge < -0.3 is 9.47 Å². The zero-order valence-corrected chi connectivity index (χ0v) is 15.3. The van der Waals surface area contributed by atoms with Crippen molar-refractivity contribution in [1.29, 1.82) is 0 Å². The minimum absolute atomic E-state index is 0.533. The smallest absolute Gasteiger partial charge is 0.122 e. The van der Waals surface area contributed by atoms with Crippen molar-refractivity contribution in [1.82, 2.24) is 19.4 Å². The first kappa shape index (κ1) is 17.2. The predicted molar refractivity (Wildman–Crippen MR) is 98.7 cm³/mol. The molecule has 1 fully saturated rings. The van der Waals surface area contributed by atoms with Crippen LogP contribution < -0.4 is 0 Å². The summed E-state index contributed by atoms with van der Waals surface area (Å²) in [5, 5.41) is 0. The zero-order chi connectivity index (χ0) is 16.9. The number of hydrogen-bond acceptors (Lipinski definition) is 3. The normalized spacial score (nSPS) is 18.6.